The third-order valence-corrected chi connectivity index (χ3v) is 2.16. The number of anilines is 2. The SMILES string of the molecule is COc1cccc(NCCN(C)C)c1N. The predicted molar refractivity (Wildman–Crippen MR) is 64.5 cm³/mol. The average molecular weight is 209 g/mol. The first-order valence-corrected chi connectivity index (χ1v) is 4.96. The number of para-hydroxylation sites is 1. The molecular weight excluding hydrogens is 190 g/mol. The third kappa shape index (κ3) is 3.32. The van der Waals surface area contributed by atoms with Crippen LogP contribution in [0.15, 0.2) is 18.2 Å². The van der Waals surface area contributed by atoms with Crippen LogP contribution in [0.4, 0.5) is 11.4 Å². The Balaban J connectivity index is 2.61. The van der Waals surface area contributed by atoms with Crippen LogP contribution in [-0.2, 0) is 0 Å². The largest absolute Gasteiger partial charge is 0.495 e. The van der Waals surface area contributed by atoms with Gasteiger partial charge in [0, 0.05) is 13.1 Å². The van der Waals surface area contributed by atoms with Gasteiger partial charge in [-0.15, -0.1) is 0 Å². The number of nitrogen functional groups attached to an aromatic ring is 1. The van der Waals surface area contributed by atoms with E-state index in [4.69, 9.17) is 10.5 Å². The van der Waals surface area contributed by atoms with Crippen LogP contribution in [0.2, 0.25) is 0 Å². The number of benzene rings is 1. The molecule has 0 aliphatic rings. The van der Waals surface area contributed by atoms with E-state index >= 15 is 0 Å². The molecule has 1 rings (SSSR count). The van der Waals surface area contributed by atoms with E-state index < -0.39 is 0 Å². The topological polar surface area (TPSA) is 50.5 Å². The first-order valence-electron chi connectivity index (χ1n) is 4.96. The van der Waals surface area contributed by atoms with E-state index in [-0.39, 0.29) is 0 Å². The van der Waals surface area contributed by atoms with E-state index in [2.05, 4.69) is 10.2 Å². The Kier molecular flexibility index (Phi) is 4.24. The number of nitrogens with zero attached hydrogens (tertiary/aromatic N) is 1. The maximum atomic E-state index is 5.91. The minimum Gasteiger partial charge on any atom is -0.495 e. The van der Waals surface area contributed by atoms with Crippen molar-refractivity contribution in [3.63, 3.8) is 0 Å². The van der Waals surface area contributed by atoms with Crippen molar-refractivity contribution in [1.82, 2.24) is 4.90 Å². The van der Waals surface area contributed by atoms with E-state index in [1.807, 2.05) is 32.3 Å². The van der Waals surface area contributed by atoms with Crippen molar-refractivity contribution in [2.24, 2.45) is 0 Å². The van der Waals surface area contributed by atoms with E-state index in [9.17, 15) is 0 Å². The Morgan fingerprint density at radius 2 is 2.13 bits per heavy atom. The van der Waals surface area contributed by atoms with E-state index in [0.29, 0.717) is 11.4 Å². The van der Waals surface area contributed by atoms with E-state index in [0.717, 1.165) is 18.8 Å². The quantitative estimate of drug-likeness (QED) is 0.717. The number of rotatable bonds is 5. The number of ether oxygens (including phenoxy) is 1. The molecule has 0 bridgehead atoms. The zero-order chi connectivity index (χ0) is 11.3. The molecule has 0 aromatic heterocycles. The van der Waals surface area contributed by atoms with Gasteiger partial charge in [0.05, 0.1) is 18.5 Å². The molecule has 15 heavy (non-hydrogen) atoms. The molecule has 1 aromatic carbocycles. The van der Waals surface area contributed by atoms with Gasteiger partial charge in [-0.3, -0.25) is 0 Å². The van der Waals surface area contributed by atoms with E-state index in [1.165, 1.54) is 0 Å². The van der Waals surface area contributed by atoms with Crippen LogP contribution < -0.4 is 15.8 Å². The van der Waals surface area contributed by atoms with Crippen molar-refractivity contribution in [2.75, 3.05) is 45.3 Å². The van der Waals surface area contributed by atoms with Gasteiger partial charge >= 0.3 is 0 Å². The number of likely N-dealkylation sites (N-methyl/N-ethyl adjacent to an activating group) is 1. The van der Waals surface area contributed by atoms with Gasteiger partial charge in [0.25, 0.3) is 0 Å². The first-order chi connectivity index (χ1) is 7.15. The molecule has 0 aliphatic heterocycles. The Bertz CT molecular complexity index is 313. The second-order valence-electron chi connectivity index (χ2n) is 3.65. The van der Waals surface area contributed by atoms with Crippen molar-refractivity contribution in [2.45, 2.75) is 0 Å². The van der Waals surface area contributed by atoms with Crippen LogP contribution in [0.25, 0.3) is 0 Å². The van der Waals surface area contributed by atoms with Crippen LogP contribution in [-0.4, -0.2) is 39.2 Å². The molecule has 0 unspecified atom stereocenters. The molecular formula is C11H19N3O. The summed E-state index contributed by atoms with van der Waals surface area (Å²) < 4.78 is 5.14. The molecule has 1 aromatic rings. The first kappa shape index (κ1) is 11.7. The van der Waals surface area contributed by atoms with Gasteiger partial charge in [-0.25, -0.2) is 0 Å². The summed E-state index contributed by atoms with van der Waals surface area (Å²) in [7, 11) is 5.70. The number of methoxy groups -OCH3 is 1. The highest BCUT2D eigenvalue weighted by molar-refractivity contribution is 5.72. The average Bonchev–Trinajstić information content (AvgIpc) is 2.20. The van der Waals surface area contributed by atoms with Crippen molar-refractivity contribution < 1.29 is 4.74 Å². The summed E-state index contributed by atoms with van der Waals surface area (Å²) in [6.07, 6.45) is 0. The standard InChI is InChI=1S/C11H19N3O/c1-14(2)8-7-13-9-5-4-6-10(15-3)11(9)12/h4-6,13H,7-8,12H2,1-3H3. The molecule has 0 atom stereocenters. The van der Waals surface area contributed by atoms with Gasteiger partial charge < -0.3 is 20.7 Å². The number of nitrogens with one attached hydrogen (secondary N) is 1. The number of hydrogen-bond acceptors (Lipinski definition) is 4. The van der Waals surface area contributed by atoms with Crippen molar-refractivity contribution in [3.05, 3.63) is 18.2 Å². The molecule has 0 spiro atoms. The molecule has 4 heteroatoms. The van der Waals surface area contributed by atoms with Gasteiger partial charge in [0.15, 0.2) is 0 Å². The highest BCUT2D eigenvalue weighted by Gasteiger charge is 2.03. The van der Waals surface area contributed by atoms with Crippen molar-refractivity contribution >= 4 is 11.4 Å². The Hall–Kier alpha value is -1.42. The second-order valence-corrected chi connectivity index (χ2v) is 3.65. The lowest BCUT2D eigenvalue weighted by Gasteiger charge is -2.14. The third-order valence-electron chi connectivity index (χ3n) is 2.16. The van der Waals surface area contributed by atoms with Gasteiger partial charge in [-0.2, -0.15) is 0 Å². The minimum atomic E-state index is 0.666. The maximum absolute atomic E-state index is 5.91. The maximum Gasteiger partial charge on any atom is 0.143 e. The lowest BCUT2D eigenvalue weighted by Crippen LogP contribution is -2.21. The van der Waals surface area contributed by atoms with Gasteiger partial charge in [-0.1, -0.05) is 6.07 Å². The van der Waals surface area contributed by atoms with E-state index in [1.54, 1.807) is 7.11 Å². The molecule has 0 heterocycles. The summed E-state index contributed by atoms with van der Waals surface area (Å²) in [5.74, 6) is 0.713. The summed E-state index contributed by atoms with van der Waals surface area (Å²) in [5, 5.41) is 3.27. The summed E-state index contributed by atoms with van der Waals surface area (Å²) >= 11 is 0. The van der Waals surface area contributed by atoms with Gasteiger partial charge in [0.1, 0.15) is 5.75 Å². The molecule has 0 fully saturated rings. The summed E-state index contributed by atoms with van der Waals surface area (Å²) in [6, 6.07) is 5.73. The Labute approximate surface area is 91.0 Å². The fourth-order valence-electron chi connectivity index (χ4n) is 1.29. The highest BCUT2D eigenvalue weighted by Crippen LogP contribution is 2.28. The van der Waals surface area contributed by atoms with Crippen LogP contribution in [0, 0.1) is 0 Å². The number of nitrogens with two attached hydrogens (primary N) is 1. The zero-order valence-corrected chi connectivity index (χ0v) is 9.58. The zero-order valence-electron chi connectivity index (χ0n) is 9.58. The number of hydrogen-bond donors (Lipinski definition) is 2. The predicted octanol–water partition coefficient (Wildman–Crippen LogP) is 1.25. The fraction of sp³-hybridized carbons (Fsp3) is 0.455. The lowest BCUT2D eigenvalue weighted by atomic mass is 10.2. The molecule has 0 saturated heterocycles. The molecule has 84 valence electrons. The second kappa shape index (κ2) is 5.46. The summed E-state index contributed by atoms with van der Waals surface area (Å²) in [4.78, 5) is 2.11. The van der Waals surface area contributed by atoms with Crippen molar-refractivity contribution in [1.29, 1.82) is 0 Å². The molecule has 0 saturated carbocycles. The fourth-order valence-corrected chi connectivity index (χ4v) is 1.29. The molecule has 0 amide bonds. The van der Waals surface area contributed by atoms with Crippen LogP contribution in [0.5, 0.6) is 5.75 Å². The minimum absolute atomic E-state index is 0.666. The Morgan fingerprint density at radius 3 is 2.73 bits per heavy atom. The molecule has 3 N–H and O–H groups in total. The smallest absolute Gasteiger partial charge is 0.143 e. The van der Waals surface area contributed by atoms with Gasteiger partial charge in [-0.05, 0) is 26.2 Å². The van der Waals surface area contributed by atoms with Crippen LogP contribution >= 0.6 is 0 Å². The van der Waals surface area contributed by atoms with Crippen LogP contribution in [0.1, 0.15) is 0 Å². The Morgan fingerprint density at radius 1 is 1.40 bits per heavy atom. The molecule has 4 nitrogen and oxygen atoms in total. The molecule has 0 radical (unpaired) electrons. The molecule has 0 aliphatic carbocycles. The lowest BCUT2D eigenvalue weighted by molar-refractivity contribution is 0.416. The summed E-state index contributed by atoms with van der Waals surface area (Å²) in [6.45, 7) is 1.83. The van der Waals surface area contributed by atoms with Crippen molar-refractivity contribution in [3.8, 4) is 5.75 Å². The highest BCUT2D eigenvalue weighted by atomic mass is 16.5. The van der Waals surface area contributed by atoms with Crippen LogP contribution in [0.3, 0.4) is 0 Å². The summed E-state index contributed by atoms with van der Waals surface area (Å²) in [5.41, 5.74) is 7.50. The normalized spacial score (nSPS) is 10.4. The monoisotopic (exact) mass is 209 g/mol. The van der Waals surface area contributed by atoms with Gasteiger partial charge in [0.2, 0.25) is 0 Å².